The third kappa shape index (κ3) is 0.990. The summed E-state index contributed by atoms with van der Waals surface area (Å²) in [5.74, 6) is 1.26. The van der Waals surface area contributed by atoms with Gasteiger partial charge in [-0.05, 0) is 12.0 Å². The fourth-order valence-electron chi connectivity index (χ4n) is 0.911. The SMILES string of the molecule is c1[nH]cc2c1CCSS2. The quantitative estimate of drug-likeness (QED) is 0.582. The monoisotopic (exact) mass is 157 g/mol. The molecule has 0 saturated carbocycles. The molecule has 1 N–H and O–H groups in total. The van der Waals surface area contributed by atoms with Crippen LogP contribution in [0.5, 0.6) is 0 Å². The van der Waals surface area contributed by atoms with Crippen molar-refractivity contribution >= 4 is 21.6 Å². The maximum Gasteiger partial charge on any atom is 0.0389 e. The first-order valence-electron chi connectivity index (χ1n) is 2.92. The number of aryl methyl sites for hydroxylation is 1. The van der Waals surface area contributed by atoms with Crippen molar-refractivity contribution in [2.24, 2.45) is 0 Å². The van der Waals surface area contributed by atoms with E-state index in [-0.39, 0.29) is 0 Å². The van der Waals surface area contributed by atoms with Gasteiger partial charge < -0.3 is 4.98 Å². The fraction of sp³-hybridized carbons (Fsp3) is 0.333. The standard InChI is InChI=1S/C6H7NS2/c1-2-8-9-6-4-7-3-5(1)6/h3-4,7H,1-2H2. The first-order chi connectivity index (χ1) is 4.47. The lowest BCUT2D eigenvalue weighted by Gasteiger charge is -2.07. The molecule has 48 valence electrons. The third-order valence-corrected chi connectivity index (χ3v) is 3.83. The van der Waals surface area contributed by atoms with E-state index in [9.17, 15) is 0 Å². The lowest BCUT2D eigenvalue weighted by molar-refractivity contribution is 1.12. The molecular weight excluding hydrogens is 150 g/mol. The van der Waals surface area contributed by atoms with Crippen molar-refractivity contribution in [1.29, 1.82) is 0 Å². The van der Waals surface area contributed by atoms with Crippen LogP contribution in [0.3, 0.4) is 0 Å². The summed E-state index contributed by atoms with van der Waals surface area (Å²) >= 11 is 0. The summed E-state index contributed by atoms with van der Waals surface area (Å²) in [4.78, 5) is 4.53. The zero-order valence-electron chi connectivity index (χ0n) is 4.89. The summed E-state index contributed by atoms with van der Waals surface area (Å²) in [7, 11) is 3.82. The average Bonchev–Trinajstić information content (AvgIpc) is 2.33. The molecule has 0 aliphatic carbocycles. The van der Waals surface area contributed by atoms with Crippen LogP contribution in [0, 0.1) is 0 Å². The van der Waals surface area contributed by atoms with Crippen molar-refractivity contribution in [1.82, 2.24) is 4.98 Å². The van der Waals surface area contributed by atoms with Gasteiger partial charge in [0.1, 0.15) is 0 Å². The Labute approximate surface area is 62.0 Å². The average molecular weight is 157 g/mol. The summed E-state index contributed by atoms with van der Waals surface area (Å²) in [6.07, 6.45) is 5.41. The minimum atomic E-state index is 1.23. The summed E-state index contributed by atoms with van der Waals surface area (Å²) in [6.45, 7) is 0. The van der Waals surface area contributed by atoms with E-state index in [4.69, 9.17) is 0 Å². The van der Waals surface area contributed by atoms with Gasteiger partial charge in [-0.2, -0.15) is 0 Å². The summed E-state index contributed by atoms with van der Waals surface area (Å²) in [5.41, 5.74) is 1.48. The van der Waals surface area contributed by atoms with Crippen molar-refractivity contribution in [3.8, 4) is 0 Å². The van der Waals surface area contributed by atoms with Gasteiger partial charge in [0.2, 0.25) is 0 Å². The molecule has 9 heavy (non-hydrogen) atoms. The fourth-order valence-corrected chi connectivity index (χ4v) is 3.16. The lowest BCUT2D eigenvalue weighted by atomic mass is 10.3. The van der Waals surface area contributed by atoms with E-state index in [1.165, 1.54) is 22.6 Å². The highest BCUT2D eigenvalue weighted by Gasteiger charge is 2.09. The lowest BCUT2D eigenvalue weighted by Crippen LogP contribution is -1.90. The highest BCUT2D eigenvalue weighted by atomic mass is 33.1. The van der Waals surface area contributed by atoms with Crippen molar-refractivity contribution in [2.45, 2.75) is 11.3 Å². The van der Waals surface area contributed by atoms with Gasteiger partial charge in [0.25, 0.3) is 0 Å². The Morgan fingerprint density at radius 2 is 2.44 bits per heavy atom. The Balaban J connectivity index is 2.39. The molecule has 2 heterocycles. The van der Waals surface area contributed by atoms with Crippen LogP contribution in [0.2, 0.25) is 0 Å². The van der Waals surface area contributed by atoms with E-state index in [2.05, 4.69) is 17.4 Å². The van der Waals surface area contributed by atoms with E-state index >= 15 is 0 Å². The Hall–Kier alpha value is -0.0200. The van der Waals surface area contributed by atoms with Gasteiger partial charge in [-0.25, -0.2) is 0 Å². The molecule has 1 aliphatic rings. The molecular formula is C6H7NS2. The molecule has 2 rings (SSSR count). The van der Waals surface area contributed by atoms with Crippen LogP contribution in [0.15, 0.2) is 17.3 Å². The molecule has 1 aliphatic heterocycles. The number of nitrogens with one attached hydrogen (secondary N) is 1. The number of aromatic nitrogens is 1. The van der Waals surface area contributed by atoms with Gasteiger partial charge in [0, 0.05) is 23.0 Å². The van der Waals surface area contributed by atoms with Gasteiger partial charge in [-0.1, -0.05) is 21.6 Å². The van der Waals surface area contributed by atoms with E-state index < -0.39 is 0 Å². The van der Waals surface area contributed by atoms with Crippen LogP contribution in [0.4, 0.5) is 0 Å². The van der Waals surface area contributed by atoms with Crippen LogP contribution in [-0.4, -0.2) is 10.7 Å². The van der Waals surface area contributed by atoms with Crippen molar-refractivity contribution < 1.29 is 0 Å². The van der Waals surface area contributed by atoms with E-state index in [1.807, 2.05) is 21.6 Å². The molecule has 0 amide bonds. The molecule has 1 aromatic heterocycles. The predicted octanol–water partition coefficient (Wildman–Crippen LogP) is 2.31. The highest BCUT2D eigenvalue weighted by Crippen LogP contribution is 2.38. The second kappa shape index (κ2) is 2.31. The van der Waals surface area contributed by atoms with E-state index in [0.29, 0.717) is 0 Å². The van der Waals surface area contributed by atoms with Gasteiger partial charge in [-0.15, -0.1) is 0 Å². The molecule has 3 heteroatoms. The summed E-state index contributed by atoms with van der Waals surface area (Å²) in [6, 6.07) is 0. The first kappa shape index (κ1) is 5.74. The van der Waals surface area contributed by atoms with Crippen LogP contribution in [0.25, 0.3) is 0 Å². The van der Waals surface area contributed by atoms with Crippen LogP contribution in [-0.2, 0) is 6.42 Å². The summed E-state index contributed by atoms with van der Waals surface area (Å²) in [5, 5.41) is 0. The number of fused-ring (bicyclic) bond motifs is 1. The van der Waals surface area contributed by atoms with Gasteiger partial charge in [-0.3, -0.25) is 0 Å². The predicted molar refractivity (Wildman–Crippen MR) is 42.8 cm³/mol. The topological polar surface area (TPSA) is 15.8 Å². The molecule has 0 radical (unpaired) electrons. The molecule has 0 unspecified atom stereocenters. The van der Waals surface area contributed by atoms with Crippen molar-refractivity contribution in [2.75, 3.05) is 5.75 Å². The Kier molecular flexibility index (Phi) is 1.47. The molecule has 1 aromatic rings. The zero-order valence-corrected chi connectivity index (χ0v) is 6.52. The molecule has 1 nitrogen and oxygen atoms in total. The van der Waals surface area contributed by atoms with Crippen LogP contribution in [0.1, 0.15) is 5.56 Å². The zero-order chi connectivity index (χ0) is 6.10. The van der Waals surface area contributed by atoms with Crippen molar-refractivity contribution in [3.05, 3.63) is 18.0 Å². The Morgan fingerprint density at radius 1 is 1.44 bits per heavy atom. The first-order valence-corrected chi connectivity index (χ1v) is 5.24. The van der Waals surface area contributed by atoms with Gasteiger partial charge >= 0.3 is 0 Å². The smallest absolute Gasteiger partial charge is 0.0389 e. The Morgan fingerprint density at radius 3 is 3.33 bits per heavy atom. The normalized spacial score (nSPS) is 17.3. The minimum Gasteiger partial charge on any atom is -0.366 e. The Bertz CT molecular complexity index is 186. The number of rotatable bonds is 0. The largest absolute Gasteiger partial charge is 0.366 e. The number of H-pyrrole nitrogens is 1. The maximum atomic E-state index is 3.11. The van der Waals surface area contributed by atoms with Crippen molar-refractivity contribution in [3.63, 3.8) is 0 Å². The van der Waals surface area contributed by atoms with Crippen LogP contribution < -0.4 is 0 Å². The molecule has 0 aromatic carbocycles. The van der Waals surface area contributed by atoms with Crippen LogP contribution >= 0.6 is 21.6 Å². The summed E-state index contributed by atoms with van der Waals surface area (Å²) < 4.78 is 0. The second-order valence-corrected chi connectivity index (χ2v) is 4.46. The molecule has 0 atom stereocenters. The second-order valence-electron chi connectivity index (χ2n) is 2.00. The van der Waals surface area contributed by atoms with Gasteiger partial charge in [0.15, 0.2) is 0 Å². The van der Waals surface area contributed by atoms with E-state index in [0.717, 1.165) is 0 Å². The third-order valence-electron chi connectivity index (χ3n) is 1.39. The highest BCUT2D eigenvalue weighted by molar-refractivity contribution is 8.76. The number of hydrogen-bond donors (Lipinski definition) is 1. The number of aromatic amines is 1. The number of hydrogen-bond acceptors (Lipinski definition) is 2. The molecule has 0 saturated heterocycles. The minimum absolute atomic E-state index is 1.23. The van der Waals surface area contributed by atoms with Gasteiger partial charge in [0.05, 0.1) is 0 Å². The molecule has 0 bridgehead atoms. The maximum absolute atomic E-state index is 3.11. The molecule has 0 spiro atoms. The van der Waals surface area contributed by atoms with E-state index in [1.54, 1.807) is 0 Å². The molecule has 0 fully saturated rings.